The number of amides is 2. The minimum atomic E-state index is -0.460. The first-order valence-electron chi connectivity index (χ1n) is 9.45. The van der Waals surface area contributed by atoms with Crippen LogP contribution < -0.4 is 10.6 Å². The van der Waals surface area contributed by atoms with E-state index < -0.39 is 6.04 Å². The third-order valence-corrected chi connectivity index (χ3v) is 4.96. The Bertz CT molecular complexity index is 972. The van der Waals surface area contributed by atoms with Gasteiger partial charge in [0.15, 0.2) is 0 Å². The number of hydrogen-bond acceptors (Lipinski definition) is 2. The fourth-order valence-corrected chi connectivity index (χ4v) is 3.20. The van der Waals surface area contributed by atoms with Crippen LogP contribution in [-0.4, -0.2) is 11.8 Å². The lowest BCUT2D eigenvalue weighted by atomic mass is 10.0. The number of carbonyl (C=O) groups excluding carboxylic acids is 2. The van der Waals surface area contributed by atoms with E-state index in [4.69, 9.17) is 11.6 Å². The van der Waals surface area contributed by atoms with E-state index in [2.05, 4.69) is 10.6 Å². The van der Waals surface area contributed by atoms with Crippen molar-refractivity contribution in [1.82, 2.24) is 10.6 Å². The summed E-state index contributed by atoms with van der Waals surface area (Å²) >= 11 is 6.14. The number of carbonyl (C=O) groups is 2. The van der Waals surface area contributed by atoms with Crippen LogP contribution in [0.5, 0.6) is 0 Å². The van der Waals surface area contributed by atoms with Crippen LogP contribution in [0.4, 0.5) is 0 Å². The molecule has 0 heterocycles. The van der Waals surface area contributed by atoms with Crippen molar-refractivity contribution in [3.8, 4) is 0 Å². The Labute approximate surface area is 175 Å². The minimum Gasteiger partial charge on any atom is -0.352 e. The van der Waals surface area contributed by atoms with E-state index in [1.807, 2.05) is 61.5 Å². The molecule has 1 atom stereocenters. The molecule has 0 unspecified atom stereocenters. The van der Waals surface area contributed by atoms with Crippen LogP contribution in [0.15, 0.2) is 78.9 Å². The molecule has 0 aliphatic carbocycles. The summed E-state index contributed by atoms with van der Waals surface area (Å²) in [6, 6.07) is 23.9. The largest absolute Gasteiger partial charge is 0.352 e. The molecule has 5 heteroatoms. The molecule has 148 valence electrons. The highest BCUT2D eigenvalue weighted by molar-refractivity contribution is 6.33. The third kappa shape index (κ3) is 5.93. The number of aryl methyl sites for hydroxylation is 1. The summed E-state index contributed by atoms with van der Waals surface area (Å²) in [6.45, 7) is 2.47. The van der Waals surface area contributed by atoms with Crippen molar-refractivity contribution in [3.63, 3.8) is 0 Å². The second-order valence-corrected chi connectivity index (χ2v) is 7.29. The van der Waals surface area contributed by atoms with Crippen LogP contribution in [0.2, 0.25) is 5.02 Å². The average Bonchev–Trinajstić information content (AvgIpc) is 2.74. The molecule has 0 saturated heterocycles. The minimum absolute atomic E-state index is 0.131. The zero-order valence-corrected chi connectivity index (χ0v) is 16.9. The van der Waals surface area contributed by atoms with Crippen molar-refractivity contribution in [2.24, 2.45) is 0 Å². The molecule has 29 heavy (non-hydrogen) atoms. The fraction of sp³-hybridized carbons (Fsp3) is 0.167. The second kappa shape index (κ2) is 9.89. The van der Waals surface area contributed by atoms with Gasteiger partial charge >= 0.3 is 0 Å². The summed E-state index contributed by atoms with van der Waals surface area (Å²) in [5.74, 6) is -0.449. The highest BCUT2D eigenvalue weighted by Crippen LogP contribution is 2.20. The molecule has 0 fully saturated rings. The van der Waals surface area contributed by atoms with Crippen molar-refractivity contribution < 1.29 is 9.59 Å². The predicted octanol–water partition coefficient (Wildman–Crippen LogP) is 4.83. The van der Waals surface area contributed by atoms with Crippen LogP contribution in [-0.2, 0) is 11.3 Å². The van der Waals surface area contributed by atoms with Crippen LogP contribution in [0.1, 0.15) is 39.5 Å². The van der Waals surface area contributed by atoms with Crippen LogP contribution in [0, 0.1) is 6.92 Å². The molecule has 0 bridgehead atoms. The predicted molar refractivity (Wildman–Crippen MR) is 116 cm³/mol. The molecule has 2 amide bonds. The monoisotopic (exact) mass is 406 g/mol. The van der Waals surface area contributed by atoms with Gasteiger partial charge in [-0.1, -0.05) is 83.9 Å². The number of rotatable bonds is 7. The van der Waals surface area contributed by atoms with Crippen LogP contribution in [0.3, 0.4) is 0 Å². The quantitative estimate of drug-likeness (QED) is 0.590. The molecule has 4 nitrogen and oxygen atoms in total. The highest BCUT2D eigenvalue weighted by atomic mass is 35.5. The smallest absolute Gasteiger partial charge is 0.253 e. The zero-order chi connectivity index (χ0) is 20.6. The van der Waals surface area contributed by atoms with Gasteiger partial charge in [0.25, 0.3) is 5.91 Å². The summed E-state index contributed by atoms with van der Waals surface area (Å²) < 4.78 is 0. The molecule has 3 rings (SSSR count). The lowest BCUT2D eigenvalue weighted by Gasteiger charge is -2.19. The maximum atomic E-state index is 12.7. The van der Waals surface area contributed by atoms with E-state index in [0.717, 1.165) is 11.1 Å². The molecule has 3 aromatic rings. The fourth-order valence-electron chi connectivity index (χ4n) is 2.98. The van der Waals surface area contributed by atoms with Crippen LogP contribution >= 0.6 is 11.6 Å². The van der Waals surface area contributed by atoms with Gasteiger partial charge in [0.1, 0.15) is 0 Å². The number of halogens is 1. The summed E-state index contributed by atoms with van der Waals surface area (Å²) in [6.07, 6.45) is 0.131. The van der Waals surface area contributed by atoms with Crippen molar-refractivity contribution >= 4 is 23.4 Å². The average molecular weight is 407 g/mol. The van der Waals surface area contributed by atoms with Crippen molar-refractivity contribution in [2.75, 3.05) is 0 Å². The molecule has 0 aliphatic heterocycles. The van der Waals surface area contributed by atoms with Gasteiger partial charge in [-0.05, 0) is 30.2 Å². The van der Waals surface area contributed by atoms with Gasteiger partial charge < -0.3 is 10.6 Å². The van der Waals surface area contributed by atoms with E-state index in [-0.39, 0.29) is 18.2 Å². The Morgan fingerprint density at radius 2 is 1.55 bits per heavy atom. The molecule has 3 aromatic carbocycles. The maximum absolute atomic E-state index is 12.7. The molecule has 2 N–H and O–H groups in total. The molecular formula is C24H23ClN2O2. The lowest BCUT2D eigenvalue weighted by Crippen LogP contribution is -2.33. The van der Waals surface area contributed by atoms with E-state index >= 15 is 0 Å². The van der Waals surface area contributed by atoms with Crippen LogP contribution in [0.25, 0.3) is 0 Å². The Morgan fingerprint density at radius 3 is 2.24 bits per heavy atom. The Kier molecular flexibility index (Phi) is 7.04. The van der Waals surface area contributed by atoms with Gasteiger partial charge in [0.05, 0.1) is 23.0 Å². The third-order valence-electron chi connectivity index (χ3n) is 4.63. The first-order valence-corrected chi connectivity index (χ1v) is 9.83. The van der Waals surface area contributed by atoms with E-state index in [0.29, 0.717) is 17.1 Å². The van der Waals surface area contributed by atoms with Crippen molar-refractivity contribution in [3.05, 3.63) is 106 Å². The Hall–Kier alpha value is -3.11. The number of benzene rings is 3. The summed E-state index contributed by atoms with van der Waals surface area (Å²) in [5, 5.41) is 6.25. The van der Waals surface area contributed by atoms with Gasteiger partial charge in [0.2, 0.25) is 5.91 Å². The van der Waals surface area contributed by atoms with Crippen molar-refractivity contribution in [1.29, 1.82) is 0 Å². The van der Waals surface area contributed by atoms with Gasteiger partial charge in [0, 0.05) is 6.54 Å². The Balaban J connectivity index is 1.69. The first-order chi connectivity index (χ1) is 14.0. The molecule has 0 spiro atoms. The molecule has 0 saturated carbocycles. The topological polar surface area (TPSA) is 58.2 Å². The normalized spacial score (nSPS) is 11.5. The maximum Gasteiger partial charge on any atom is 0.253 e. The van der Waals surface area contributed by atoms with Gasteiger partial charge in [-0.15, -0.1) is 0 Å². The molecule has 0 aromatic heterocycles. The molecular weight excluding hydrogens is 384 g/mol. The van der Waals surface area contributed by atoms with E-state index in [1.54, 1.807) is 24.3 Å². The van der Waals surface area contributed by atoms with E-state index in [9.17, 15) is 9.59 Å². The van der Waals surface area contributed by atoms with Crippen molar-refractivity contribution in [2.45, 2.75) is 25.9 Å². The number of nitrogens with one attached hydrogen (secondary N) is 2. The van der Waals surface area contributed by atoms with Gasteiger partial charge in [-0.3, -0.25) is 9.59 Å². The second-order valence-electron chi connectivity index (χ2n) is 6.88. The zero-order valence-electron chi connectivity index (χ0n) is 16.2. The SMILES string of the molecule is Cc1ccc(CNC(=O)C[C@H](NC(=O)c2ccccc2Cl)c2ccccc2)cc1. The number of hydrogen-bond donors (Lipinski definition) is 2. The standard InChI is InChI=1S/C24H23ClN2O2/c1-17-11-13-18(14-12-17)16-26-23(28)15-22(19-7-3-2-4-8-19)27-24(29)20-9-5-6-10-21(20)25/h2-14,22H,15-16H2,1H3,(H,26,28)(H,27,29)/t22-/m0/s1. The molecule has 0 radical (unpaired) electrons. The first kappa shape index (κ1) is 20.6. The highest BCUT2D eigenvalue weighted by Gasteiger charge is 2.20. The van der Waals surface area contributed by atoms with Gasteiger partial charge in [-0.25, -0.2) is 0 Å². The van der Waals surface area contributed by atoms with Gasteiger partial charge in [-0.2, -0.15) is 0 Å². The molecule has 0 aliphatic rings. The summed E-state index contributed by atoms with van der Waals surface area (Å²) in [4.78, 5) is 25.3. The Morgan fingerprint density at radius 1 is 0.897 bits per heavy atom. The summed E-state index contributed by atoms with van der Waals surface area (Å²) in [5.41, 5.74) is 3.44. The van der Waals surface area contributed by atoms with E-state index in [1.165, 1.54) is 5.56 Å². The summed E-state index contributed by atoms with van der Waals surface area (Å²) in [7, 11) is 0. The lowest BCUT2D eigenvalue weighted by molar-refractivity contribution is -0.121.